The summed E-state index contributed by atoms with van der Waals surface area (Å²) in [6, 6.07) is 15.3. The molecule has 1 N–H and O–H groups in total. The summed E-state index contributed by atoms with van der Waals surface area (Å²) in [7, 11) is -1.87. The number of fused-ring (bicyclic) bond motifs is 3. The third-order valence-corrected chi connectivity index (χ3v) is 7.11. The van der Waals surface area contributed by atoms with Crippen molar-refractivity contribution in [3.8, 4) is 11.1 Å². The number of aliphatic hydroxyl groups is 1. The molecule has 0 aromatic heterocycles. The van der Waals surface area contributed by atoms with Gasteiger partial charge in [0.15, 0.2) is 9.84 Å². The van der Waals surface area contributed by atoms with Crippen LogP contribution in [-0.2, 0) is 14.6 Å². The summed E-state index contributed by atoms with van der Waals surface area (Å²) in [6.07, 6.45) is -1.71. The zero-order valence-corrected chi connectivity index (χ0v) is 15.7. The van der Waals surface area contributed by atoms with Crippen molar-refractivity contribution >= 4 is 15.9 Å². The van der Waals surface area contributed by atoms with Crippen LogP contribution in [0.5, 0.6) is 0 Å². The average molecular weight is 387 g/mol. The number of likely N-dealkylation sites (N-methyl/N-ethyl adjacent to an activating group) is 1. The van der Waals surface area contributed by atoms with Gasteiger partial charge in [0.1, 0.15) is 6.61 Å². The lowest BCUT2D eigenvalue weighted by Crippen LogP contribution is -2.44. The van der Waals surface area contributed by atoms with Crippen LogP contribution in [0.3, 0.4) is 0 Å². The molecule has 27 heavy (non-hydrogen) atoms. The Labute approximate surface area is 158 Å². The van der Waals surface area contributed by atoms with E-state index in [9.17, 15) is 18.3 Å². The van der Waals surface area contributed by atoms with Gasteiger partial charge in [-0.15, -0.1) is 0 Å². The van der Waals surface area contributed by atoms with E-state index in [1.54, 1.807) is 0 Å². The van der Waals surface area contributed by atoms with Gasteiger partial charge >= 0.3 is 6.09 Å². The molecule has 4 rings (SSSR count). The molecule has 1 fully saturated rings. The first kappa shape index (κ1) is 18.0. The molecule has 0 unspecified atom stereocenters. The van der Waals surface area contributed by atoms with Crippen LogP contribution in [0.25, 0.3) is 11.1 Å². The quantitative estimate of drug-likeness (QED) is 0.871. The number of carbonyl (C=O) groups excluding carboxylic acids is 1. The molecule has 1 saturated heterocycles. The Hall–Kier alpha value is -2.38. The van der Waals surface area contributed by atoms with Gasteiger partial charge in [-0.3, -0.25) is 0 Å². The van der Waals surface area contributed by atoms with Gasteiger partial charge in [0, 0.05) is 13.0 Å². The van der Waals surface area contributed by atoms with Crippen molar-refractivity contribution in [1.29, 1.82) is 0 Å². The van der Waals surface area contributed by atoms with E-state index >= 15 is 0 Å². The largest absolute Gasteiger partial charge is 0.448 e. The average Bonchev–Trinajstić information content (AvgIpc) is 3.12. The number of nitrogens with zero attached hydrogens (tertiary/aromatic N) is 1. The third-order valence-electron chi connectivity index (χ3n) is 5.42. The van der Waals surface area contributed by atoms with E-state index in [2.05, 4.69) is 12.1 Å². The van der Waals surface area contributed by atoms with Crippen LogP contribution in [0, 0.1) is 0 Å². The van der Waals surface area contributed by atoms with E-state index in [4.69, 9.17) is 4.74 Å². The molecule has 0 spiro atoms. The van der Waals surface area contributed by atoms with Crippen molar-refractivity contribution in [2.75, 3.05) is 25.2 Å². The number of hydrogen-bond donors (Lipinski definition) is 1. The lowest BCUT2D eigenvalue weighted by atomic mass is 9.98. The highest BCUT2D eigenvalue weighted by Gasteiger charge is 2.41. The van der Waals surface area contributed by atoms with Crippen molar-refractivity contribution in [2.45, 2.75) is 18.1 Å². The number of rotatable bonds is 3. The Balaban J connectivity index is 1.50. The highest BCUT2D eigenvalue weighted by Crippen LogP contribution is 2.44. The van der Waals surface area contributed by atoms with Crippen molar-refractivity contribution in [3.63, 3.8) is 0 Å². The van der Waals surface area contributed by atoms with Gasteiger partial charge in [-0.05, 0) is 22.3 Å². The minimum atomic E-state index is -3.33. The van der Waals surface area contributed by atoms with Gasteiger partial charge in [0.25, 0.3) is 0 Å². The third kappa shape index (κ3) is 3.21. The number of amides is 1. The number of carbonyl (C=O) groups is 1. The number of benzene rings is 2. The minimum absolute atomic E-state index is 0.0630. The summed E-state index contributed by atoms with van der Waals surface area (Å²) in [6.45, 7) is 0.159. The second kappa shape index (κ2) is 6.65. The van der Waals surface area contributed by atoms with E-state index in [0.29, 0.717) is 0 Å². The molecule has 2 aromatic rings. The Morgan fingerprint density at radius 1 is 1.07 bits per heavy atom. The van der Waals surface area contributed by atoms with E-state index < -0.39 is 28.1 Å². The Morgan fingerprint density at radius 3 is 2.15 bits per heavy atom. The first-order chi connectivity index (χ1) is 12.9. The zero-order valence-electron chi connectivity index (χ0n) is 14.9. The number of ether oxygens (including phenoxy) is 1. The van der Waals surface area contributed by atoms with E-state index in [1.807, 2.05) is 36.4 Å². The number of hydrogen-bond acceptors (Lipinski definition) is 5. The highest BCUT2D eigenvalue weighted by molar-refractivity contribution is 7.91. The number of sulfone groups is 1. The van der Waals surface area contributed by atoms with Crippen molar-refractivity contribution in [2.24, 2.45) is 0 Å². The molecular formula is C20H21NO5S. The molecule has 142 valence electrons. The molecule has 1 aliphatic carbocycles. The molecule has 7 heteroatoms. The van der Waals surface area contributed by atoms with Gasteiger partial charge in [-0.1, -0.05) is 48.5 Å². The maximum absolute atomic E-state index is 12.5. The summed E-state index contributed by atoms with van der Waals surface area (Å²) in [5.41, 5.74) is 4.50. The smallest absolute Gasteiger partial charge is 0.409 e. The maximum atomic E-state index is 12.5. The molecule has 2 aromatic carbocycles. The molecule has 0 bridgehead atoms. The maximum Gasteiger partial charge on any atom is 0.409 e. The highest BCUT2D eigenvalue weighted by atomic mass is 32.2. The summed E-state index contributed by atoms with van der Waals surface area (Å²) >= 11 is 0. The van der Waals surface area contributed by atoms with E-state index in [1.165, 1.54) is 11.9 Å². The van der Waals surface area contributed by atoms with Crippen molar-refractivity contribution in [3.05, 3.63) is 59.7 Å². The summed E-state index contributed by atoms with van der Waals surface area (Å²) in [5.74, 6) is -0.625. The van der Waals surface area contributed by atoms with Gasteiger partial charge in [0.2, 0.25) is 0 Å². The van der Waals surface area contributed by atoms with Crippen LogP contribution < -0.4 is 0 Å². The molecular weight excluding hydrogens is 366 g/mol. The predicted molar refractivity (Wildman–Crippen MR) is 101 cm³/mol. The van der Waals surface area contributed by atoms with Crippen LogP contribution in [0.1, 0.15) is 17.0 Å². The summed E-state index contributed by atoms with van der Waals surface area (Å²) < 4.78 is 28.9. The summed E-state index contributed by atoms with van der Waals surface area (Å²) in [4.78, 5) is 13.7. The molecule has 1 heterocycles. The molecule has 2 aliphatic rings. The monoisotopic (exact) mass is 387 g/mol. The van der Waals surface area contributed by atoms with E-state index in [-0.39, 0.29) is 24.0 Å². The second-order valence-electron chi connectivity index (χ2n) is 7.13. The SMILES string of the molecule is CN(C(=O)OCC1c2ccccc2-c2ccccc21)[C@@H]1CS(=O)(=O)C[C@H]1O. The van der Waals surface area contributed by atoms with Crippen molar-refractivity contribution < 1.29 is 23.1 Å². The van der Waals surface area contributed by atoms with Crippen LogP contribution in [-0.4, -0.2) is 61.8 Å². The normalized spacial score (nSPS) is 22.9. The summed E-state index contributed by atoms with van der Waals surface area (Å²) in [5, 5.41) is 9.96. The molecule has 0 saturated carbocycles. The van der Waals surface area contributed by atoms with Gasteiger partial charge in [0.05, 0.1) is 23.7 Å². The van der Waals surface area contributed by atoms with Crippen LogP contribution in [0.2, 0.25) is 0 Å². The second-order valence-corrected chi connectivity index (χ2v) is 9.28. The van der Waals surface area contributed by atoms with Gasteiger partial charge in [-0.25, -0.2) is 13.2 Å². The standard InChI is InChI=1S/C20H21NO5S/c1-21(18-11-27(24,25)12-19(18)22)20(23)26-10-17-15-8-4-2-6-13(15)14-7-3-5-9-16(14)17/h2-9,17-19,22H,10-12H2,1H3/t18-,19-/m1/s1. The molecule has 2 atom stereocenters. The Bertz CT molecular complexity index is 942. The first-order valence-corrected chi connectivity index (χ1v) is 10.7. The zero-order chi connectivity index (χ0) is 19.2. The molecule has 1 aliphatic heterocycles. The Morgan fingerprint density at radius 2 is 1.63 bits per heavy atom. The molecule has 0 radical (unpaired) electrons. The lowest BCUT2D eigenvalue weighted by Gasteiger charge is -2.26. The topological polar surface area (TPSA) is 83.9 Å². The lowest BCUT2D eigenvalue weighted by molar-refractivity contribution is 0.0643. The first-order valence-electron chi connectivity index (χ1n) is 8.83. The fourth-order valence-corrected chi connectivity index (χ4v) is 5.86. The van der Waals surface area contributed by atoms with Crippen LogP contribution in [0.4, 0.5) is 4.79 Å². The van der Waals surface area contributed by atoms with E-state index in [0.717, 1.165) is 22.3 Å². The van der Waals surface area contributed by atoms with Crippen molar-refractivity contribution in [1.82, 2.24) is 4.90 Å². The number of aliphatic hydroxyl groups excluding tert-OH is 1. The van der Waals surface area contributed by atoms with Gasteiger partial charge < -0.3 is 14.7 Å². The van der Waals surface area contributed by atoms with Crippen LogP contribution >= 0.6 is 0 Å². The molecule has 1 amide bonds. The van der Waals surface area contributed by atoms with Crippen LogP contribution in [0.15, 0.2) is 48.5 Å². The minimum Gasteiger partial charge on any atom is -0.448 e. The fourth-order valence-electron chi connectivity index (χ4n) is 4.01. The Kier molecular flexibility index (Phi) is 4.44. The predicted octanol–water partition coefficient (Wildman–Crippen LogP) is 2.03. The fraction of sp³-hybridized carbons (Fsp3) is 0.350. The molecule has 6 nitrogen and oxygen atoms in total. The van der Waals surface area contributed by atoms with Gasteiger partial charge in [-0.2, -0.15) is 0 Å².